The quantitative estimate of drug-likeness (QED) is 0.648. The third-order valence-electron chi connectivity index (χ3n) is 5.15. The highest BCUT2D eigenvalue weighted by Crippen LogP contribution is 2.31. The van der Waals surface area contributed by atoms with Crippen molar-refractivity contribution in [3.05, 3.63) is 30.6 Å². The SMILES string of the molecule is CC(F)(F)CNC1CCC(n2ncc3nc(-n4ccnc4)nc(C(N)=O)c32)CC1. The van der Waals surface area contributed by atoms with Gasteiger partial charge in [-0.2, -0.15) is 5.10 Å². The number of rotatable bonds is 6. The zero-order valence-electron chi connectivity index (χ0n) is 15.9. The fraction of sp³-hybridized carbons (Fsp3) is 0.500. The number of halogens is 2. The van der Waals surface area contributed by atoms with Crippen LogP contribution in [0.2, 0.25) is 0 Å². The first kappa shape index (κ1) is 19.4. The van der Waals surface area contributed by atoms with E-state index in [1.807, 2.05) is 0 Å². The minimum absolute atomic E-state index is 0.0217. The molecule has 1 saturated carbocycles. The smallest absolute Gasteiger partial charge is 0.269 e. The Hall–Kier alpha value is -2.95. The van der Waals surface area contributed by atoms with Crippen molar-refractivity contribution in [2.45, 2.75) is 50.6 Å². The minimum atomic E-state index is -2.73. The van der Waals surface area contributed by atoms with E-state index in [0.29, 0.717) is 11.0 Å². The van der Waals surface area contributed by atoms with Gasteiger partial charge >= 0.3 is 0 Å². The molecule has 0 radical (unpaired) electrons. The number of nitrogens with one attached hydrogen (secondary N) is 1. The molecule has 3 heterocycles. The van der Waals surface area contributed by atoms with Crippen molar-refractivity contribution >= 4 is 16.9 Å². The molecule has 0 unspecified atom stereocenters. The van der Waals surface area contributed by atoms with Gasteiger partial charge in [-0.1, -0.05) is 0 Å². The van der Waals surface area contributed by atoms with Crippen LogP contribution in [0.25, 0.3) is 17.0 Å². The summed E-state index contributed by atoms with van der Waals surface area (Å²) in [6, 6.07) is 0.0621. The molecule has 1 aliphatic rings. The largest absolute Gasteiger partial charge is 0.364 e. The van der Waals surface area contributed by atoms with Crippen LogP contribution in [0.5, 0.6) is 0 Å². The van der Waals surface area contributed by atoms with Crippen LogP contribution < -0.4 is 11.1 Å². The summed E-state index contributed by atoms with van der Waals surface area (Å²) in [6.45, 7) is 0.578. The topological polar surface area (TPSA) is 117 Å². The third kappa shape index (κ3) is 4.09. The molecule has 0 aliphatic heterocycles. The van der Waals surface area contributed by atoms with Gasteiger partial charge < -0.3 is 11.1 Å². The predicted octanol–water partition coefficient (Wildman–Crippen LogP) is 1.84. The normalized spacial score (nSPS) is 20.2. The van der Waals surface area contributed by atoms with Gasteiger partial charge in [0.25, 0.3) is 11.8 Å². The van der Waals surface area contributed by atoms with Crippen LogP contribution >= 0.6 is 0 Å². The Bertz CT molecular complexity index is 1000. The molecule has 3 aromatic heterocycles. The molecule has 9 nitrogen and oxygen atoms in total. The van der Waals surface area contributed by atoms with Crippen molar-refractivity contribution in [2.24, 2.45) is 5.73 Å². The number of fused-ring (bicyclic) bond motifs is 1. The van der Waals surface area contributed by atoms with Crippen molar-refractivity contribution in [2.75, 3.05) is 6.54 Å². The molecule has 154 valence electrons. The Labute approximate surface area is 165 Å². The highest BCUT2D eigenvalue weighted by molar-refractivity contribution is 6.02. The summed E-state index contributed by atoms with van der Waals surface area (Å²) in [4.78, 5) is 24.8. The monoisotopic (exact) mass is 404 g/mol. The lowest BCUT2D eigenvalue weighted by atomic mass is 9.91. The first-order chi connectivity index (χ1) is 13.8. The van der Waals surface area contributed by atoms with Gasteiger partial charge in [0, 0.05) is 25.4 Å². The molecule has 11 heteroatoms. The van der Waals surface area contributed by atoms with E-state index in [1.54, 1.807) is 27.8 Å². The van der Waals surface area contributed by atoms with Crippen LogP contribution in [0.4, 0.5) is 8.78 Å². The zero-order valence-corrected chi connectivity index (χ0v) is 15.9. The van der Waals surface area contributed by atoms with Crippen molar-refractivity contribution in [1.82, 2.24) is 34.6 Å². The molecule has 0 atom stereocenters. The molecule has 4 rings (SSSR count). The number of primary amides is 1. The van der Waals surface area contributed by atoms with Crippen LogP contribution in [0.1, 0.15) is 49.1 Å². The number of carbonyl (C=O) groups excluding carboxylic acids is 1. The molecule has 1 fully saturated rings. The van der Waals surface area contributed by atoms with Gasteiger partial charge in [-0.05, 0) is 25.7 Å². The highest BCUT2D eigenvalue weighted by Gasteiger charge is 2.29. The summed E-state index contributed by atoms with van der Waals surface area (Å²) < 4.78 is 29.5. The maximum Gasteiger partial charge on any atom is 0.269 e. The lowest BCUT2D eigenvalue weighted by Gasteiger charge is -2.30. The van der Waals surface area contributed by atoms with Crippen molar-refractivity contribution < 1.29 is 13.6 Å². The van der Waals surface area contributed by atoms with Crippen LogP contribution in [-0.4, -0.2) is 53.7 Å². The van der Waals surface area contributed by atoms with Crippen LogP contribution in [0.15, 0.2) is 24.9 Å². The number of imidazole rings is 1. The van der Waals surface area contributed by atoms with Crippen molar-refractivity contribution in [3.8, 4) is 5.95 Å². The predicted molar refractivity (Wildman–Crippen MR) is 101 cm³/mol. The lowest BCUT2D eigenvalue weighted by molar-refractivity contribution is 0.0181. The average Bonchev–Trinajstić information content (AvgIpc) is 3.35. The van der Waals surface area contributed by atoms with E-state index in [2.05, 4.69) is 25.4 Å². The molecule has 0 bridgehead atoms. The molecule has 1 amide bonds. The summed E-state index contributed by atoms with van der Waals surface area (Å²) in [5.74, 6) is -3.10. The summed E-state index contributed by atoms with van der Waals surface area (Å²) in [7, 11) is 0. The van der Waals surface area contributed by atoms with Crippen LogP contribution in [0, 0.1) is 0 Å². The maximum absolute atomic E-state index is 13.1. The van der Waals surface area contributed by atoms with E-state index in [1.165, 1.54) is 6.33 Å². The van der Waals surface area contributed by atoms with Gasteiger partial charge in [-0.25, -0.2) is 23.7 Å². The van der Waals surface area contributed by atoms with Gasteiger partial charge in [0.15, 0.2) is 5.69 Å². The summed E-state index contributed by atoms with van der Waals surface area (Å²) in [5.41, 5.74) is 6.70. The van der Waals surface area contributed by atoms with Crippen LogP contribution in [-0.2, 0) is 0 Å². The molecule has 1 aliphatic carbocycles. The molecule has 0 saturated heterocycles. The van der Waals surface area contributed by atoms with E-state index in [-0.39, 0.29) is 30.3 Å². The van der Waals surface area contributed by atoms with E-state index in [4.69, 9.17) is 5.73 Å². The van der Waals surface area contributed by atoms with Gasteiger partial charge in [0.1, 0.15) is 17.4 Å². The Kier molecular flexibility index (Phi) is 4.99. The van der Waals surface area contributed by atoms with Gasteiger partial charge in [0.05, 0.1) is 18.8 Å². The van der Waals surface area contributed by atoms with Crippen LogP contribution in [0.3, 0.4) is 0 Å². The van der Waals surface area contributed by atoms with Crippen molar-refractivity contribution in [3.63, 3.8) is 0 Å². The Balaban J connectivity index is 1.58. The number of hydrogen-bond acceptors (Lipinski definition) is 6. The Morgan fingerprint density at radius 1 is 1.31 bits per heavy atom. The summed E-state index contributed by atoms with van der Waals surface area (Å²) in [6.07, 6.45) is 9.34. The molecule has 3 aromatic rings. The highest BCUT2D eigenvalue weighted by atomic mass is 19.3. The minimum Gasteiger partial charge on any atom is -0.364 e. The number of nitrogens with zero attached hydrogens (tertiary/aromatic N) is 6. The molecule has 3 N–H and O–H groups in total. The van der Waals surface area contributed by atoms with Gasteiger partial charge in [-0.3, -0.25) is 14.0 Å². The first-order valence-corrected chi connectivity index (χ1v) is 9.46. The lowest BCUT2D eigenvalue weighted by Crippen LogP contribution is -2.40. The number of nitrogens with two attached hydrogens (primary N) is 1. The average molecular weight is 404 g/mol. The number of aromatic nitrogens is 6. The molecule has 0 aromatic carbocycles. The number of alkyl halides is 2. The molecule has 0 spiro atoms. The third-order valence-corrected chi connectivity index (χ3v) is 5.15. The number of carbonyl (C=O) groups is 1. The van der Waals surface area contributed by atoms with E-state index in [9.17, 15) is 13.6 Å². The van der Waals surface area contributed by atoms with Gasteiger partial charge in [0.2, 0.25) is 5.95 Å². The number of hydrogen-bond donors (Lipinski definition) is 2. The Morgan fingerprint density at radius 2 is 2.07 bits per heavy atom. The van der Waals surface area contributed by atoms with Crippen molar-refractivity contribution in [1.29, 1.82) is 0 Å². The second kappa shape index (κ2) is 7.47. The maximum atomic E-state index is 13.1. The summed E-state index contributed by atoms with van der Waals surface area (Å²) in [5, 5.41) is 7.37. The molecular formula is C18H22F2N8O. The van der Waals surface area contributed by atoms with E-state index < -0.39 is 11.8 Å². The van der Waals surface area contributed by atoms with E-state index in [0.717, 1.165) is 32.6 Å². The first-order valence-electron chi connectivity index (χ1n) is 9.46. The molecule has 29 heavy (non-hydrogen) atoms. The van der Waals surface area contributed by atoms with Gasteiger partial charge in [-0.15, -0.1) is 0 Å². The standard InChI is InChI=1S/C18H22F2N8O/c1-18(19,20)9-23-11-2-4-12(5-3-11)28-15-13(8-24-28)25-17(26-14(15)16(21)29)27-7-6-22-10-27/h6-8,10-12,23H,2-5,9H2,1H3,(H2,21,29). The fourth-order valence-corrected chi connectivity index (χ4v) is 3.74. The molecular weight excluding hydrogens is 382 g/mol. The summed E-state index contributed by atoms with van der Waals surface area (Å²) >= 11 is 0. The van der Waals surface area contributed by atoms with E-state index >= 15 is 0 Å². The number of amides is 1. The fourth-order valence-electron chi connectivity index (χ4n) is 3.74. The second-order valence-electron chi connectivity index (χ2n) is 7.49. The Morgan fingerprint density at radius 3 is 2.69 bits per heavy atom. The zero-order chi connectivity index (χ0) is 20.6. The second-order valence-corrected chi connectivity index (χ2v) is 7.49.